The van der Waals surface area contributed by atoms with Crippen LogP contribution in [0.4, 0.5) is 5.69 Å². The van der Waals surface area contributed by atoms with Crippen LogP contribution in [0.5, 0.6) is 0 Å². The van der Waals surface area contributed by atoms with Gasteiger partial charge in [-0.3, -0.25) is 4.98 Å². The molecule has 0 saturated heterocycles. The lowest BCUT2D eigenvalue weighted by atomic mass is 10.1. The van der Waals surface area contributed by atoms with Gasteiger partial charge in [0.1, 0.15) is 0 Å². The van der Waals surface area contributed by atoms with Gasteiger partial charge < -0.3 is 10.6 Å². The molecule has 1 aromatic carbocycles. The Kier molecular flexibility index (Phi) is 4.53. The first-order valence-electron chi connectivity index (χ1n) is 6.69. The second kappa shape index (κ2) is 6.34. The highest BCUT2D eigenvalue weighted by atomic mass is 15.1. The lowest BCUT2D eigenvalue weighted by Gasteiger charge is -2.25. The average Bonchev–Trinajstić information content (AvgIpc) is 2.46. The van der Waals surface area contributed by atoms with Crippen LogP contribution in [0.15, 0.2) is 42.6 Å². The molecule has 0 spiro atoms. The Labute approximate surface area is 115 Å². The fourth-order valence-corrected chi connectivity index (χ4v) is 2.20. The van der Waals surface area contributed by atoms with Gasteiger partial charge in [-0.2, -0.15) is 0 Å². The number of hydrogen-bond donors (Lipinski definition) is 1. The number of aryl methyl sites for hydroxylation is 1. The summed E-state index contributed by atoms with van der Waals surface area (Å²) in [7, 11) is 0. The van der Waals surface area contributed by atoms with Crippen molar-refractivity contribution >= 4 is 5.69 Å². The summed E-state index contributed by atoms with van der Waals surface area (Å²) in [5, 5.41) is 0. The van der Waals surface area contributed by atoms with Crippen molar-refractivity contribution in [1.82, 2.24) is 4.98 Å². The first kappa shape index (κ1) is 13.6. The second-order valence-electron chi connectivity index (χ2n) is 4.66. The lowest BCUT2D eigenvalue weighted by Crippen LogP contribution is -2.24. The molecule has 19 heavy (non-hydrogen) atoms. The van der Waals surface area contributed by atoms with Crippen molar-refractivity contribution in [1.29, 1.82) is 0 Å². The standard InChI is InChI=1S/C16H21N3/c1-3-19(12-14-7-5-4-6-8-14)16-9-13(2)18-11-15(16)10-17/h4-9,11H,3,10,12,17H2,1-2H3. The van der Waals surface area contributed by atoms with Gasteiger partial charge in [0.25, 0.3) is 0 Å². The zero-order valence-electron chi connectivity index (χ0n) is 11.6. The van der Waals surface area contributed by atoms with Crippen LogP contribution in [0.1, 0.15) is 23.7 Å². The summed E-state index contributed by atoms with van der Waals surface area (Å²) in [5.74, 6) is 0. The normalized spacial score (nSPS) is 10.5. The minimum absolute atomic E-state index is 0.522. The molecule has 3 nitrogen and oxygen atoms in total. The lowest BCUT2D eigenvalue weighted by molar-refractivity contribution is 0.817. The number of aromatic nitrogens is 1. The molecule has 0 radical (unpaired) electrons. The number of benzene rings is 1. The zero-order chi connectivity index (χ0) is 13.7. The van der Waals surface area contributed by atoms with Crippen LogP contribution in [0, 0.1) is 6.92 Å². The fourth-order valence-electron chi connectivity index (χ4n) is 2.20. The fraction of sp³-hybridized carbons (Fsp3) is 0.312. The highest BCUT2D eigenvalue weighted by Gasteiger charge is 2.10. The number of anilines is 1. The average molecular weight is 255 g/mol. The van der Waals surface area contributed by atoms with Crippen molar-refractivity contribution < 1.29 is 0 Å². The first-order chi connectivity index (χ1) is 9.24. The van der Waals surface area contributed by atoms with Gasteiger partial charge in [0.2, 0.25) is 0 Å². The van der Waals surface area contributed by atoms with Crippen molar-refractivity contribution in [2.24, 2.45) is 5.73 Å². The summed E-state index contributed by atoms with van der Waals surface area (Å²) in [6, 6.07) is 12.6. The van der Waals surface area contributed by atoms with Crippen molar-refractivity contribution in [2.75, 3.05) is 11.4 Å². The summed E-state index contributed by atoms with van der Waals surface area (Å²) in [4.78, 5) is 6.67. The zero-order valence-corrected chi connectivity index (χ0v) is 11.6. The van der Waals surface area contributed by atoms with E-state index in [4.69, 9.17) is 5.73 Å². The van der Waals surface area contributed by atoms with E-state index in [1.165, 1.54) is 11.3 Å². The highest BCUT2D eigenvalue weighted by Crippen LogP contribution is 2.22. The summed E-state index contributed by atoms with van der Waals surface area (Å²) < 4.78 is 0. The van der Waals surface area contributed by atoms with Crippen LogP contribution in [-0.4, -0.2) is 11.5 Å². The Morgan fingerprint density at radius 3 is 2.58 bits per heavy atom. The van der Waals surface area contributed by atoms with Crippen LogP contribution < -0.4 is 10.6 Å². The maximum Gasteiger partial charge on any atom is 0.0448 e. The minimum atomic E-state index is 0.522. The molecule has 0 aliphatic carbocycles. The van der Waals surface area contributed by atoms with E-state index in [-0.39, 0.29) is 0 Å². The molecule has 2 aromatic rings. The van der Waals surface area contributed by atoms with Crippen molar-refractivity contribution in [2.45, 2.75) is 26.9 Å². The largest absolute Gasteiger partial charge is 0.367 e. The van der Waals surface area contributed by atoms with Gasteiger partial charge in [0.15, 0.2) is 0 Å². The van der Waals surface area contributed by atoms with E-state index in [0.717, 1.165) is 24.3 Å². The van der Waals surface area contributed by atoms with Crippen LogP contribution in [-0.2, 0) is 13.1 Å². The Balaban J connectivity index is 2.29. The number of hydrogen-bond acceptors (Lipinski definition) is 3. The predicted octanol–water partition coefficient (Wildman–Crippen LogP) is 2.88. The monoisotopic (exact) mass is 255 g/mol. The van der Waals surface area contributed by atoms with E-state index in [2.05, 4.69) is 47.1 Å². The molecule has 1 heterocycles. The summed E-state index contributed by atoms with van der Waals surface area (Å²) in [6.07, 6.45) is 1.89. The molecule has 0 fully saturated rings. The third-order valence-electron chi connectivity index (χ3n) is 3.26. The second-order valence-corrected chi connectivity index (χ2v) is 4.66. The van der Waals surface area contributed by atoms with E-state index < -0.39 is 0 Å². The summed E-state index contributed by atoms with van der Waals surface area (Å²) in [6.45, 7) is 6.55. The molecule has 0 aliphatic heterocycles. The molecular formula is C16H21N3. The van der Waals surface area contributed by atoms with Gasteiger partial charge in [-0.05, 0) is 25.5 Å². The predicted molar refractivity (Wildman–Crippen MR) is 80.0 cm³/mol. The van der Waals surface area contributed by atoms with E-state index in [9.17, 15) is 0 Å². The first-order valence-corrected chi connectivity index (χ1v) is 6.69. The van der Waals surface area contributed by atoms with Gasteiger partial charge in [0, 0.05) is 42.8 Å². The summed E-state index contributed by atoms with van der Waals surface area (Å²) >= 11 is 0. The van der Waals surface area contributed by atoms with Crippen molar-refractivity contribution in [3.8, 4) is 0 Å². The number of rotatable bonds is 5. The van der Waals surface area contributed by atoms with Crippen LogP contribution in [0.2, 0.25) is 0 Å². The minimum Gasteiger partial charge on any atom is -0.367 e. The molecule has 2 N–H and O–H groups in total. The Hall–Kier alpha value is -1.87. The molecular weight excluding hydrogens is 234 g/mol. The maximum absolute atomic E-state index is 5.82. The highest BCUT2D eigenvalue weighted by molar-refractivity contribution is 5.54. The Morgan fingerprint density at radius 1 is 1.21 bits per heavy atom. The molecule has 100 valence electrons. The topological polar surface area (TPSA) is 42.2 Å². The molecule has 1 aromatic heterocycles. The van der Waals surface area contributed by atoms with Gasteiger partial charge in [0.05, 0.1) is 0 Å². The van der Waals surface area contributed by atoms with E-state index in [1.807, 2.05) is 19.2 Å². The quantitative estimate of drug-likeness (QED) is 0.893. The number of nitrogens with zero attached hydrogens (tertiary/aromatic N) is 2. The SMILES string of the molecule is CCN(Cc1ccccc1)c1cc(C)ncc1CN. The summed E-state index contributed by atoms with van der Waals surface area (Å²) in [5.41, 5.74) is 10.4. The Bertz CT molecular complexity index is 523. The third-order valence-corrected chi connectivity index (χ3v) is 3.26. The van der Waals surface area contributed by atoms with Crippen LogP contribution in [0.3, 0.4) is 0 Å². The maximum atomic E-state index is 5.82. The smallest absolute Gasteiger partial charge is 0.0448 e. The van der Waals surface area contributed by atoms with Crippen LogP contribution >= 0.6 is 0 Å². The molecule has 0 bridgehead atoms. The molecule has 0 atom stereocenters. The molecule has 0 aliphatic rings. The van der Waals surface area contributed by atoms with Gasteiger partial charge in [-0.25, -0.2) is 0 Å². The third kappa shape index (κ3) is 3.32. The van der Waals surface area contributed by atoms with Crippen molar-refractivity contribution in [3.63, 3.8) is 0 Å². The number of pyridine rings is 1. The van der Waals surface area contributed by atoms with Gasteiger partial charge in [-0.15, -0.1) is 0 Å². The Morgan fingerprint density at radius 2 is 1.95 bits per heavy atom. The molecule has 2 rings (SSSR count). The van der Waals surface area contributed by atoms with Gasteiger partial charge in [-0.1, -0.05) is 30.3 Å². The van der Waals surface area contributed by atoms with Crippen LogP contribution in [0.25, 0.3) is 0 Å². The molecule has 3 heteroatoms. The number of nitrogens with two attached hydrogens (primary N) is 1. The molecule has 0 unspecified atom stereocenters. The van der Waals surface area contributed by atoms with Crippen molar-refractivity contribution in [3.05, 3.63) is 59.4 Å². The molecule has 0 amide bonds. The van der Waals surface area contributed by atoms with E-state index in [0.29, 0.717) is 6.54 Å². The van der Waals surface area contributed by atoms with E-state index >= 15 is 0 Å². The van der Waals surface area contributed by atoms with Gasteiger partial charge >= 0.3 is 0 Å². The molecule has 0 saturated carbocycles. The van der Waals surface area contributed by atoms with E-state index in [1.54, 1.807) is 0 Å².